The fraction of sp³-hybridized carbons (Fsp3) is 1.00. The van der Waals surface area contributed by atoms with Crippen molar-refractivity contribution in [2.24, 2.45) is 0 Å². The van der Waals surface area contributed by atoms with Crippen LogP contribution in [-0.2, 0) is 0 Å². The molecule has 0 amide bonds. The van der Waals surface area contributed by atoms with Crippen molar-refractivity contribution in [3.05, 3.63) is 0 Å². The first-order chi connectivity index (χ1) is 11.2. The molecular weight excluding hydrogens is 294 g/mol. The van der Waals surface area contributed by atoms with Crippen molar-refractivity contribution in [2.75, 3.05) is 26.2 Å². The van der Waals surface area contributed by atoms with Crippen LogP contribution in [0.2, 0.25) is 0 Å². The van der Waals surface area contributed by atoms with Crippen molar-refractivity contribution < 1.29 is 9.96 Å². The van der Waals surface area contributed by atoms with Crippen LogP contribution in [0.15, 0.2) is 0 Å². The number of quaternary nitrogens is 1. The first kappa shape index (κ1) is 26.2. The van der Waals surface area contributed by atoms with Crippen LogP contribution in [0.3, 0.4) is 0 Å². The summed E-state index contributed by atoms with van der Waals surface area (Å²) in [5.41, 5.74) is 0. The van der Waals surface area contributed by atoms with E-state index in [1.165, 1.54) is 121 Å². The SMILES string of the molecule is CCCCCC[N+](CCCCC)(CCCCC)CCCCCC.[OH-]. The Bertz CT molecular complexity index is 206. The van der Waals surface area contributed by atoms with E-state index in [0.29, 0.717) is 0 Å². The van der Waals surface area contributed by atoms with Gasteiger partial charge in [0.2, 0.25) is 0 Å². The molecule has 2 heteroatoms. The normalized spacial score (nSPS) is 11.5. The Morgan fingerprint density at radius 1 is 0.375 bits per heavy atom. The van der Waals surface area contributed by atoms with Crippen molar-refractivity contribution in [1.82, 2.24) is 0 Å². The summed E-state index contributed by atoms with van der Waals surface area (Å²) in [4.78, 5) is 0. The van der Waals surface area contributed by atoms with E-state index in [4.69, 9.17) is 0 Å². The van der Waals surface area contributed by atoms with E-state index in [-0.39, 0.29) is 5.48 Å². The van der Waals surface area contributed by atoms with Crippen molar-refractivity contribution in [2.45, 2.75) is 118 Å². The molecule has 0 heterocycles. The largest absolute Gasteiger partial charge is 0.870 e. The average molecular weight is 344 g/mol. The van der Waals surface area contributed by atoms with Gasteiger partial charge in [0, 0.05) is 0 Å². The van der Waals surface area contributed by atoms with Gasteiger partial charge in [-0.2, -0.15) is 0 Å². The predicted octanol–water partition coefficient (Wildman–Crippen LogP) is 7.17. The molecule has 1 N–H and O–H groups in total. The second-order valence-electron chi connectivity index (χ2n) is 7.77. The number of rotatable bonds is 18. The van der Waals surface area contributed by atoms with E-state index in [9.17, 15) is 0 Å². The summed E-state index contributed by atoms with van der Waals surface area (Å²) in [5, 5.41) is 0. The van der Waals surface area contributed by atoms with Gasteiger partial charge in [-0.05, 0) is 51.4 Å². The summed E-state index contributed by atoms with van der Waals surface area (Å²) < 4.78 is 1.45. The molecule has 0 radical (unpaired) electrons. The van der Waals surface area contributed by atoms with Crippen LogP contribution < -0.4 is 0 Å². The third-order valence-electron chi connectivity index (χ3n) is 5.44. The summed E-state index contributed by atoms with van der Waals surface area (Å²) in [6.07, 6.45) is 19.9. The lowest BCUT2D eigenvalue weighted by molar-refractivity contribution is -0.929. The molecule has 148 valence electrons. The van der Waals surface area contributed by atoms with Gasteiger partial charge in [0.25, 0.3) is 0 Å². The lowest BCUT2D eigenvalue weighted by Crippen LogP contribution is -2.50. The van der Waals surface area contributed by atoms with Crippen LogP contribution >= 0.6 is 0 Å². The smallest absolute Gasteiger partial charge is 0.0786 e. The number of hydrogen-bond acceptors (Lipinski definition) is 1. The molecule has 0 fully saturated rings. The van der Waals surface area contributed by atoms with Gasteiger partial charge in [-0.3, -0.25) is 0 Å². The predicted molar refractivity (Wildman–Crippen MR) is 109 cm³/mol. The molecule has 0 aliphatic rings. The summed E-state index contributed by atoms with van der Waals surface area (Å²) >= 11 is 0. The first-order valence-electron chi connectivity index (χ1n) is 11.1. The second kappa shape index (κ2) is 19.2. The fourth-order valence-corrected chi connectivity index (χ4v) is 3.81. The van der Waals surface area contributed by atoms with Gasteiger partial charge in [0.1, 0.15) is 0 Å². The Balaban J connectivity index is 0. The maximum absolute atomic E-state index is 2.34. The monoisotopic (exact) mass is 343 g/mol. The van der Waals surface area contributed by atoms with Gasteiger partial charge < -0.3 is 9.96 Å². The molecule has 0 saturated heterocycles. The van der Waals surface area contributed by atoms with E-state index in [1.807, 2.05) is 0 Å². The van der Waals surface area contributed by atoms with Gasteiger partial charge >= 0.3 is 0 Å². The van der Waals surface area contributed by atoms with Crippen molar-refractivity contribution in [1.29, 1.82) is 0 Å². The molecule has 2 nitrogen and oxygen atoms in total. The highest BCUT2D eigenvalue weighted by Gasteiger charge is 2.25. The molecule has 24 heavy (non-hydrogen) atoms. The Hall–Kier alpha value is -0.0800. The van der Waals surface area contributed by atoms with E-state index in [1.54, 1.807) is 0 Å². The zero-order valence-corrected chi connectivity index (χ0v) is 17.6. The Kier molecular flexibility index (Phi) is 21.0. The summed E-state index contributed by atoms with van der Waals surface area (Å²) in [6, 6.07) is 0. The highest BCUT2D eigenvalue weighted by molar-refractivity contribution is 4.52. The zero-order valence-electron chi connectivity index (χ0n) is 17.6. The summed E-state index contributed by atoms with van der Waals surface area (Å²) in [6.45, 7) is 15.2. The Morgan fingerprint density at radius 2 is 0.625 bits per heavy atom. The van der Waals surface area contributed by atoms with Gasteiger partial charge in [0.05, 0.1) is 26.2 Å². The van der Waals surface area contributed by atoms with E-state index in [2.05, 4.69) is 27.7 Å². The minimum Gasteiger partial charge on any atom is -0.870 e. The number of nitrogens with zero attached hydrogens (tertiary/aromatic N) is 1. The molecule has 0 aromatic heterocycles. The van der Waals surface area contributed by atoms with Crippen LogP contribution in [0.4, 0.5) is 0 Å². The van der Waals surface area contributed by atoms with Crippen LogP contribution in [0.1, 0.15) is 118 Å². The lowest BCUT2D eigenvalue weighted by atomic mass is 10.1. The molecule has 0 bridgehead atoms. The highest BCUT2D eigenvalue weighted by Crippen LogP contribution is 2.19. The molecule has 0 aliphatic carbocycles. The molecular formula is C22H49NO. The van der Waals surface area contributed by atoms with Crippen molar-refractivity contribution in [3.8, 4) is 0 Å². The van der Waals surface area contributed by atoms with Crippen molar-refractivity contribution >= 4 is 0 Å². The maximum Gasteiger partial charge on any atom is 0.0786 e. The standard InChI is InChI=1S/C22H48N.H2O/c1-5-9-13-17-21-23(19-15-11-7-3,20-16-12-8-4)22-18-14-10-6-2;/h5-22H2,1-4H3;1H2/q+1;/p-1. The molecule has 0 rings (SSSR count). The van der Waals surface area contributed by atoms with Crippen molar-refractivity contribution in [3.63, 3.8) is 0 Å². The minimum absolute atomic E-state index is 0. The van der Waals surface area contributed by atoms with Crippen LogP contribution in [0, 0.1) is 0 Å². The van der Waals surface area contributed by atoms with E-state index in [0.717, 1.165) is 0 Å². The molecule has 0 aromatic rings. The molecule has 0 atom stereocenters. The Labute approximate surface area is 154 Å². The molecule has 0 saturated carbocycles. The van der Waals surface area contributed by atoms with Gasteiger partial charge in [-0.1, -0.05) is 66.2 Å². The van der Waals surface area contributed by atoms with Gasteiger partial charge in [-0.25, -0.2) is 0 Å². The fourth-order valence-electron chi connectivity index (χ4n) is 3.81. The first-order valence-corrected chi connectivity index (χ1v) is 11.1. The second-order valence-corrected chi connectivity index (χ2v) is 7.77. The highest BCUT2D eigenvalue weighted by atomic mass is 16.0. The number of unbranched alkanes of at least 4 members (excludes halogenated alkanes) is 10. The quantitative estimate of drug-likeness (QED) is 0.192. The van der Waals surface area contributed by atoms with Crippen LogP contribution in [0.5, 0.6) is 0 Å². The van der Waals surface area contributed by atoms with Crippen LogP contribution in [-0.4, -0.2) is 36.1 Å². The lowest BCUT2D eigenvalue weighted by Gasteiger charge is -2.39. The average Bonchev–Trinajstić information content (AvgIpc) is 2.56. The third kappa shape index (κ3) is 14.3. The molecule has 0 aliphatic heterocycles. The van der Waals surface area contributed by atoms with E-state index < -0.39 is 0 Å². The zero-order chi connectivity index (χ0) is 17.2. The van der Waals surface area contributed by atoms with Gasteiger partial charge in [-0.15, -0.1) is 0 Å². The van der Waals surface area contributed by atoms with Crippen LogP contribution in [0.25, 0.3) is 0 Å². The maximum atomic E-state index is 2.34. The number of hydrogen-bond donors (Lipinski definition) is 0. The summed E-state index contributed by atoms with van der Waals surface area (Å²) in [7, 11) is 0. The third-order valence-corrected chi connectivity index (χ3v) is 5.44. The van der Waals surface area contributed by atoms with E-state index >= 15 is 0 Å². The molecule has 0 unspecified atom stereocenters. The van der Waals surface area contributed by atoms with Gasteiger partial charge in [0.15, 0.2) is 0 Å². The topological polar surface area (TPSA) is 30.0 Å². The molecule has 0 aromatic carbocycles. The Morgan fingerprint density at radius 3 is 0.917 bits per heavy atom. The summed E-state index contributed by atoms with van der Waals surface area (Å²) in [5.74, 6) is 0. The minimum atomic E-state index is 0. The molecule has 0 spiro atoms.